The van der Waals surface area contributed by atoms with E-state index in [0.717, 1.165) is 24.6 Å². The molecule has 4 aromatic rings. The second-order valence-corrected chi connectivity index (χ2v) is 10.4. The van der Waals surface area contributed by atoms with Gasteiger partial charge in [-0.25, -0.2) is 0 Å². The van der Waals surface area contributed by atoms with E-state index in [2.05, 4.69) is 133 Å². The minimum atomic E-state index is 0.955. The molecule has 0 atom stereocenters. The van der Waals surface area contributed by atoms with Gasteiger partial charge < -0.3 is 9.80 Å². The molecular formula is C30H32N2S2. The van der Waals surface area contributed by atoms with Gasteiger partial charge in [0.25, 0.3) is 0 Å². The number of likely N-dealkylation sites (N-methyl/N-ethyl adjacent to an activating group) is 2. The van der Waals surface area contributed by atoms with Crippen LogP contribution in [0, 0.1) is 0 Å². The van der Waals surface area contributed by atoms with Crippen LogP contribution in [0.5, 0.6) is 0 Å². The van der Waals surface area contributed by atoms with Crippen LogP contribution in [0.2, 0.25) is 0 Å². The van der Waals surface area contributed by atoms with Crippen LogP contribution in [0.1, 0.15) is 11.1 Å². The van der Waals surface area contributed by atoms with E-state index in [1.807, 2.05) is 23.5 Å². The van der Waals surface area contributed by atoms with Gasteiger partial charge in [0.2, 0.25) is 0 Å². The SMILES string of the molecule is CN(CCN(C)c1ccccc1SCc1ccccc1)c1ccccc1SCc1ccccc1. The summed E-state index contributed by atoms with van der Waals surface area (Å²) in [6, 6.07) is 38.9. The molecule has 0 aliphatic carbocycles. The average Bonchev–Trinajstić information content (AvgIpc) is 2.90. The van der Waals surface area contributed by atoms with Crippen molar-refractivity contribution in [1.82, 2.24) is 0 Å². The molecule has 0 aliphatic rings. The van der Waals surface area contributed by atoms with Crippen molar-refractivity contribution in [3.63, 3.8) is 0 Å². The zero-order chi connectivity index (χ0) is 23.6. The number of anilines is 2. The predicted octanol–water partition coefficient (Wildman–Crippen LogP) is 7.84. The number of hydrogen-bond donors (Lipinski definition) is 0. The molecule has 2 nitrogen and oxygen atoms in total. The van der Waals surface area contributed by atoms with E-state index >= 15 is 0 Å². The molecule has 0 radical (unpaired) electrons. The summed E-state index contributed by atoms with van der Waals surface area (Å²) < 4.78 is 0. The van der Waals surface area contributed by atoms with Gasteiger partial charge in [0.15, 0.2) is 0 Å². The molecule has 0 aliphatic heterocycles. The molecule has 0 saturated heterocycles. The Balaban J connectivity index is 1.37. The Kier molecular flexibility index (Phi) is 9.00. The molecule has 0 spiro atoms. The Bertz CT molecular complexity index is 1060. The molecule has 0 heterocycles. The maximum absolute atomic E-state index is 2.38. The van der Waals surface area contributed by atoms with E-state index in [1.165, 1.54) is 32.3 Å². The Labute approximate surface area is 213 Å². The Morgan fingerprint density at radius 3 is 1.24 bits per heavy atom. The van der Waals surface area contributed by atoms with Crippen molar-refractivity contribution >= 4 is 34.9 Å². The summed E-state index contributed by atoms with van der Waals surface area (Å²) in [5.74, 6) is 1.97. The maximum Gasteiger partial charge on any atom is 0.0502 e. The van der Waals surface area contributed by atoms with Crippen molar-refractivity contribution in [1.29, 1.82) is 0 Å². The van der Waals surface area contributed by atoms with E-state index in [1.54, 1.807) is 0 Å². The van der Waals surface area contributed by atoms with Crippen LogP contribution < -0.4 is 9.80 Å². The van der Waals surface area contributed by atoms with Gasteiger partial charge in [-0.05, 0) is 35.4 Å². The van der Waals surface area contributed by atoms with Crippen molar-refractivity contribution in [2.75, 3.05) is 37.0 Å². The van der Waals surface area contributed by atoms with E-state index in [-0.39, 0.29) is 0 Å². The zero-order valence-corrected chi connectivity index (χ0v) is 21.6. The minimum Gasteiger partial charge on any atom is -0.372 e. The zero-order valence-electron chi connectivity index (χ0n) is 19.9. The molecule has 4 aromatic carbocycles. The molecule has 0 amide bonds. The lowest BCUT2D eigenvalue weighted by Gasteiger charge is -2.27. The Hall–Kier alpha value is -2.82. The van der Waals surface area contributed by atoms with Gasteiger partial charge in [0.05, 0.1) is 11.4 Å². The first-order valence-corrected chi connectivity index (χ1v) is 13.6. The van der Waals surface area contributed by atoms with E-state index < -0.39 is 0 Å². The van der Waals surface area contributed by atoms with E-state index in [9.17, 15) is 0 Å². The van der Waals surface area contributed by atoms with Crippen molar-refractivity contribution in [2.45, 2.75) is 21.3 Å². The molecule has 0 N–H and O–H groups in total. The average molecular weight is 485 g/mol. The number of para-hydroxylation sites is 2. The van der Waals surface area contributed by atoms with E-state index in [4.69, 9.17) is 0 Å². The lowest BCUT2D eigenvalue weighted by atomic mass is 10.2. The molecule has 0 aromatic heterocycles. The predicted molar refractivity (Wildman–Crippen MR) is 151 cm³/mol. The van der Waals surface area contributed by atoms with Crippen molar-refractivity contribution in [3.05, 3.63) is 120 Å². The smallest absolute Gasteiger partial charge is 0.0502 e. The first kappa shape index (κ1) is 24.3. The van der Waals surface area contributed by atoms with Gasteiger partial charge in [-0.2, -0.15) is 0 Å². The molecule has 0 bridgehead atoms. The van der Waals surface area contributed by atoms with E-state index in [0.29, 0.717) is 0 Å². The van der Waals surface area contributed by atoms with Gasteiger partial charge >= 0.3 is 0 Å². The third kappa shape index (κ3) is 6.85. The maximum atomic E-state index is 2.38. The standard InChI is InChI=1S/C30H32N2S2/c1-31(27-17-9-11-19-29(27)33-23-25-13-5-3-6-14-25)21-22-32(2)28-18-10-12-20-30(28)34-24-26-15-7-4-8-16-26/h3-20H,21-24H2,1-2H3. The number of rotatable bonds is 11. The summed E-state index contributed by atoms with van der Waals surface area (Å²) in [6.45, 7) is 1.91. The number of nitrogens with zero attached hydrogens (tertiary/aromatic N) is 2. The topological polar surface area (TPSA) is 6.48 Å². The molecule has 0 unspecified atom stereocenters. The lowest BCUT2D eigenvalue weighted by molar-refractivity contribution is 0.822. The normalized spacial score (nSPS) is 10.8. The van der Waals surface area contributed by atoms with Gasteiger partial charge in [-0.15, -0.1) is 23.5 Å². The summed E-state index contributed by atoms with van der Waals surface area (Å²) >= 11 is 3.81. The van der Waals surface area contributed by atoms with Crippen molar-refractivity contribution < 1.29 is 0 Å². The van der Waals surface area contributed by atoms with Gasteiger partial charge in [0, 0.05) is 48.5 Å². The fourth-order valence-corrected chi connectivity index (χ4v) is 5.92. The summed E-state index contributed by atoms with van der Waals surface area (Å²) in [5.41, 5.74) is 5.30. The molecule has 0 fully saturated rings. The molecule has 4 heteroatoms. The highest BCUT2D eigenvalue weighted by atomic mass is 32.2. The molecule has 174 valence electrons. The lowest BCUT2D eigenvalue weighted by Crippen LogP contribution is -2.31. The van der Waals surface area contributed by atoms with Crippen molar-refractivity contribution in [3.8, 4) is 0 Å². The van der Waals surface area contributed by atoms with Crippen molar-refractivity contribution in [2.24, 2.45) is 0 Å². The first-order valence-electron chi connectivity index (χ1n) is 11.6. The number of hydrogen-bond acceptors (Lipinski definition) is 4. The Morgan fingerprint density at radius 1 is 0.471 bits per heavy atom. The third-order valence-corrected chi connectivity index (χ3v) is 8.07. The molecule has 34 heavy (non-hydrogen) atoms. The fourth-order valence-electron chi connectivity index (χ4n) is 3.80. The molecule has 4 rings (SSSR count). The highest BCUT2D eigenvalue weighted by Gasteiger charge is 2.12. The van der Waals surface area contributed by atoms with Crippen LogP contribution in [0.25, 0.3) is 0 Å². The van der Waals surface area contributed by atoms with Crippen LogP contribution in [0.4, 0.5) is 11.4 Å². The van der Waals surface area contributed by atoms with Gasteiger partial charge in [-0.3, -0.25) is 0 Å². The molecule has 0 saturated carbocycles. The molecular weight excluding hydrogens is 452 g/mol. The summed E-state index contributed by atoms with van der Waals surface area (Å²) in [5, 5.41) is 0. The second kappa shape index (κ2) is 12.6. The summed E-state index contributed by atoms with van der Waals surface area (Å²) in [7, 11) is 4.40. The number of thioether (sulfide) groups is 2. The third-order valence-electron chi connectivity index (χ3n) is 5.80. The Morgan fingerprint density at radius 2 is 0.824 bits per heavy atom. The van der Waals surface area contributed by atoms with Gasteiger partial charge in [-0.1, -0.05) is 84.9 Å². The largest absolute Gasteiger partial charge is 0.372 e. The van der Waals surface area contributed by atoms with Crippen LogP contribution in [0.15, 0.2) is 119 Å². The minimum absolute atomic E-state index is 0.955. The van der Waals surface area contributed by atoms with Crippen LogP contribution in [-0.2, 0) is 11.5 Å². The van der Waals surface area contributed by atoms with Gasteiger partial charge in [0.1, 0.15) is 0 Å². The quantitative estimate of drug-likeness (QED) is 0.200. The monoisotopic (exact) mass is 484 g/mol. The highest BCUT2D eigenvalue weighted by molar-refractivity contribution is 7.99. The first-order chi connectivity index (χ1) is 16.7. The van der Waals surface area contributed by atoms with Crippen LogP contribution in [0.3, 0.4) is 0 Å². The highest BCUT2D eigenvalue weighted by Crippen LogP contribution is 2.33. The van der Waals surface area contributed by atoms with Crippen LogP contribution >= 0.6 is 23.5 Å². The van der Waals surface area contributed by atoms with Crippen LogP contribution in [-0.4, -0.2) is 27.2 Å². The summed E-state index contributed by atoms with van der Waals surface area (Å²) in [6.07, 6.45) is 0. The number of benzene rings is 4. The summed E-state index contributed by atoms with van der Waals surface area (Å²) in [4.78, 5) is 7.42. The second-order valence-electron chi connectivity index (χ2n) is 8.33. The fraction of sp³-hybridized carbons (Fsp3) is 0.200.